The van der Waals surface area contributed by atoms with Gasteiger partial charge < -0.3 is 10.1 Å². The van der Waals surface area contributed by atoms with Crippen LogP contribution in [-0.2, 0) is 11.2 Å². The summed E-state index contributed by atoms with van der Waals surface area (Å²) in [4.78, 5) is 11.6. The van der Waals surface area contributed by atoms with Crippen molar-refractivity contribution in [1.29, 1.82) is 0 Å². The molecule has 0 bridgehead atoms. The van der Waals surface area contributed by atoms with Crippen LogP contribution >= 0.6 is 0 Å². The summed E-state index contributed by atoms with van der Waals surface area (Å²) >= 11 is 0. The molecule has 0 spiro atoms. The second-order valence-electron chi connectivity index (χ2n) is 4.02. The smallest absolute Gasteiger partial charge is 0.226 e. The summed E-state index contributed by atoms with van der Waals surface area (Å²) in [5.41, 5.74) is 1.97. The van der Waals surface area contributed by atoms with Gasteiger partial charge in [-0.3, -0.25) is 4.79 Å². The third kappa shape index (κ3) is 4.78. The number of aryl methyl sites for hydroxylation is 1. The molecule has 3 heteroatoms. The average Bonchev–Trinajstić information content (AvgIpc) is 2.41. The van der Waals surface area contributed by atoms with Crippen molar-refractivity contribution in [2.45, 2.75) is 41.0 Å². The highest BCUT2D eigenvalue weighted by Crippen LogP contribution is 2.22. The Balaban J connectivity index is 0.00000137. The average molecular weight is 251 g/mol. The highest BCUT2D eigenvalue weighted by Gasteiger charge is 2.09. The Hall–Kier alpha value is -1.51. The van der Waals surface area contributed by atoms with Crippen LogP contribution in [0.25, 0.3) is 0 Å². The molecule has 1 N–H and O–H groups in total. The minimum Gasteiger partial charge on any atom is -0.497 e. The van der Waals surface area contributed by atoms with E-state index in [1.54, 1.807) is 7.11 Å². The molecule has 0 heterocycles. The molecule has 0 unspecified atom stereocenters. The quantitative estimate of drug-likeness (QED) is 0.882. The third-order valence-corrected chi connectivity index (χ3v) is 2.48. The molecule has 1 amide bonds. The van der Waals surface area contributed by atoms with Gasteiger partial charge >= 0.3 is 0 Å². The number of methoxy groups -OCH3 is 1. The van der Waals surface area contributed by atoms with E-state index in [2.05, 4.69) is 12.2 Å². The van der Waals surface area contributed by atoms with Crippen LogP contribution in [0.3, 0.4) is 0 Å². The molecule has 1 rings (SSSR count). The minimum atomic E-state index is -0.00759. The van der Waals surface area contributed by atoms with Crippen LogP contribution in [0.15, 0.2) is 18.2 Å². The molecule has 1 aromatic carbocycles. The third-order valence-electron chi connectivity index (χ3n) is 2.48. The van der Waals surface area contributed by atoms with Gasteiger partial charge in [-0.15, -0.1) is 0 Å². The van der Waals surface area contributed by atoms with Gasteiger partial charge in [0.15, 0.2) is 0 Å². The van der Waals surface area contributed by atoms with E-state index < -0.39 is 0 Å². The zero-order valence-corrected chi connectivity index (χ0v) is 12.3. The van der Waals surface area contributed by atoms with Crippen LogP contribution in [0.4, 0.5) is 5.69 Å². The maximum atomic E-state index is 11.6. The van der Waals surface area contributed by atoms with Crippen molar-refractivity contribution in [3.63, 3.8) is 0 Å². The lowest BCUT2D eigenvalue weighted by Gasteiger charge is -2.12. The Bertz CT molecular complexity index is 373. The predicted molar refractivity (Wildman–Crippen MR) is 77.2 cm³/mol. The number of ether oxygens (including phenoxy) is 1. The van der Waals surface area contributed by atoms with Crippen molar-refractivity contribution in [2.24, 2.45) is 5.92 Å². The maximum Gasteiger partial charge on any atom is 0.226 e. The minimum absolute atomic E-state index is 0.00759. The van der Waals surface area contributed by atoms with E-state index in [1.165, 1.54) is 0 Å². The van der Waals surface area contributed by atoms with Gasteiger partial charge in [0, 0.05) is 11.6 Å². The van der Waals surface area contributed by atoms with E-state index >= 15 is 0 Å². The summed E-state index contributed by atoms with van der Waals surface area (Å²) < 4.78 is 5.15. The molecular formula is C15H25NO2. The summed E-state index contributed by atoms with van der Waals surface area (Å²) in [5, 5.41) is 2.92. The van der Waals surface area contributed by atoms with Crippen molar-refractivity contribution in [1.82, 2.24) is 0 Å². The van der Waals surface area contributed by atoms with E-state index in [4.69, 9.17) is 4.74 Å². The van der Waals surface area contributed by atoms with Gasteiger partial charge in [-0.1, -0.05) is 34.6 Å². The molecule has 0 atom stereocenters. The number of carbonyl (C=O) groups excluding carboxylic acids is 1. The van der Waals surface area contributed by atoms with Crippen molar-refractivity contribution in [3.8, 4) is 5.75 Å². The number of benzene rings is 1. The van der Waals surface area contributed by atoms with Gasteiger partial charge in [-0.2, -0.15) is 0 Å². The Morgan fingerprint density at radius 2 is 1.94 bits per heavy atom. The molecule has 0 aromatic heterocycles. The second-order valence-corrected chi connectivity index (χ2v) is 4.02. The Morgan fingerprint density at radius 3 is 2.39 bits per heavy atom. The zero-order valence-electron chi connectivity index (χ0n) is 12.3. The summed E-state index contributed by atoms with van der Waals surface area (Å²) in [5.74, 6) is 0.853. The maximum absolute atomic E-state index is 11.6. The summed E-state index contributed by atoms with van der Waals surface area (Å²) in [6.07, 6.45) is 0.866. The van der Waals surface area contributed by atoms with E-state index in [1.807, 2.05) is 45.9 Å². The van der Waals surface area contributed by atoms with Crippen LogP contribution in [-0.4, -0.2) is 13.0 Å². The highest BCUT2D eigenvalue weighted by atomic mass is 16.5. The van der Waals surface area contributed by atoms with E-state index in [0.29, 0.717) is 0 Å². The van der Waals surface area contributed by atoms with E-state index in [9.17, 15) is 4.79 Å². The Labute approximate surface area is 111 Å². The normalized spacial score (nSPS) is 9.50. The lowest BCUT2D eigenvalue weighted by molar-refractivity contribution is -0.118. The van der Waals surface area contributed by atoms with Crippen LogP contribution in [0.5, 0.6) is 5.75 Å². The van der Waals surface area contributed by atoms with Crippen molar-refractivity contribution in [3.05, 3.63) is 23.8 Å². The van der Waals surface area contributed by atoms with Crippen LogP contribution in [0.1, 0.15) is 40.2 Å². The van der Waals surface area contributed by atoms with E-state index in [0.717, 1.165) is 23.4 Å². The second kappa shape index (κ2) is 8.56. The first-order chi connectivity index (χ1) is 8.58. The lowest BCUT2D eigenvalue weighted by atomic mass is 10.1. The topological polar surface area (TPSA) is 38.3 Å². The monoisotopic (exact) mass is 251 g/mol. The number of hydrogen-bond acceptors (Lipinski definition) is 2. The molecule has 0 aliphatic carbocycles. The summed E-state index contributed by atoms with van der Waals surface area (Å²) in [6.45, 7) is 9.81. The fourth-order valence-electron chi connectivity index (χ4n) is 1.39. The lowest BCUT2D eigenvalue weighted by Crippen LogP contribution is -2.18. The van der Waals surface area contributed by atoms with Crippen molar-refractivity contribution < 1.29 is 9.53 Å². The Morgan fingerprint density at radius 1 is 1.33 bits per heavy atom. The predicted octanol–water partition coefficient (Wildman–Crippen LogP) is 3.88. The molecule has 102 valence electrons. The molecule has 1 aromatic rings. The number of rotatable bonds is 4. The van der Waals surface area contributed by atoms with Crippen LogP contribution in [0, 0.1) is 5.92 Å². The largest absolute Gasteiger partial charge is 0.497 e. The molecule has 0 radical (unpaired) electrons. The first kappa shape index (κ1) is 16.5. The molecule has 0 fully saturated rings. The van der Waals surface area contributed by atoms with Crippen LogP contribution < -0.4 is 10.1 Å². The summed E-state index contributed by atoms with van der Waals surface area (Å²) in [6, 6.07) is 5.70. The fourth-order valence-corrected chi connectivity index (χ4v) is 1.39. The van der Waals surface area contributed by atoms with Gasteiger partial charge in [0.2, 0.25) is 5.91 Å². The molecule has 3 nitrogen and oxygen atoms in total. The molecular weight excluding hydrogens is 226 g/mol. The van der Waals surface area contributed by atoms with Gasteiger partial charge in [0.05, 0.1) is 7.11 Å². The molecule has 0 aliphatic rings. The van der Waals surface area contributed by atoms with Gasteiger partial charge in [0.25, 0.3) is 0 Å². The first-order valence-corrected chi connectivity index (χ1v) is 6.56. The SMILES string of the molecule is CC.CCc1cc(OC)ccc1NC(=O)C(C)C. The molecule has 18 heavy (non-hydrogen) atoms. The number of amides is 1. The molecule has 0 aliphatic heterocycles. The Kier molecular flexibility index (Phi) is 7.84. The first-order valence-electron chi connectivity index (χ1n) is 6.56. The standard InChI is InChI=1S/C13H19NO2.C2H6/c1-5-10-8-11(16-4)6-7-12(10)14-13(15)9(2)3;1-2/h6-9H,5H2,1-4H3,(H,14,15);1-2H3. The summed E-state index contributed by atoms with van der Waals surface area (Å²) in [7, 11) is 1.64. The number of hydrogen-bond donors (Lipinski definition) is 1. The fraction of sp³-hybridized carbons (Fsp3) is 0.533. The molecule has 0 saturated carbocycles. The van der Waals surface area contributed by atoms with Crippen LogP contribution in [0.2, 0.25) is 0 Å². The molecule has 0 saturated heterocycles. The van der Waals surface area contributed by atoms with Gasteiger partial charge in [0.1, 0.15) is 5.75 Å². The van der Waals surface area contributed by atoms with Crippen molar-refractivity contribution in [2.75, 3.05) is 12.4 Å². The number of anilines is 1. The van der Waals surface area contributed by atoms with E-state index in [-0.39, 0.29) is 11.8 Å². The van der Waals surface area contributed by atoms with Gasteiger partial charge in [-0.05, 0) is 30.2 Å². The van der Waals surface area contributed by atoms with Gasteiger partial charge in [-0.25, -0.2) is 0 Å². The zero-order chi connectivity index (χ0) is 14.1. The number of carbonyl (C=O) groups is 1. The van der Waals surface area contributed by atoms with Crippen molar-refractivity contribution >= 4 is 11.6 Å². The number of nitrogens with one attached hydrogen (secondary N) is 1. The highest BCUT2D eigenvalue weighted by molar-refractivity contribution is 5.92.